The van der Waals surface area contributed by atoms with Gasteiger partial charge in [-0.3, -0.25) is 4.79 Å². The molecule has 1 unspecified atom stereocenters. The normalized spacial score (nSPS) is 19.6. The molecule has 1 aromatic rings. The van der Waals surface area contributed by atoms with E-state index in [1.807, 2.05) is 0 Å². The van der Waals surface area contributed by atoms with Crippen LogP contribution in [0.5, 0.6) is 0 Å². The minimum atomic E-state index is -0.0621. The minimum absolute atomic E-state index is 0.0621. The Morgan fingerprint density at radius 2 is 2.47 bits per heavy atom. The summed E-state index contributed by atoms with van der Waals surface area (Å²) in [6.07, 6.45) is 3.40. The van der Waals surface area contributed by atoms with E-state index >= 15 is 0 Å². The molecule has 106 valence electrons. The molecule has 0 aliphatic carbocycles. The van der Waals surface area contributed by atoms with E-state index in [-0.39, 0.29) is 11.6 Å². The lowest BCUT2D eigenvalue weighted by Crippen LogP contribution is -2.45. The number of aromatic nitrogens is 2. The van der Waals surface area contributed by atoms with Gasteiger partial charge >= 0.3 is 0 Å². The molecule has 0 saturated carbocycles. The van der Waals surface area contributed by atoms with Crippen molar-refractivity contribution in [1.82, 2.24) is 14.9 Å². The molecule has 1 aromatic heterocycles. The van der Waals surface area contributed by atoms with E-state index in [2.05, 4.69) is 29.5 Å². The maximum atomic E-state index is 12.2. The van der Waals surface area contributed by atoms with Crippen molar-refractivity contribution in [3.8, 4) is 0 Å². The Hall–Kier alpha value is -1.40. The number of rotatable bonds is 5. The maximum absolute atomic E-state index is 12.2. The predicted octanol–water partition coefficient (Wildman–Crippen LogP) is 0.300. The first-order valence-corrected chi connectivity index (χ1v) is 6.77. The molecule has 1 atom stereocenters. The quantitative estimate of drug-likeness (QED) is 0.802. The number of hydrogen-bond acceptors (Lipinski definition) is 5. The number of hydrogen-bond donors (Lipinski definition) is 2. The fraction of sp³-hybridized carbons (Fsp3) is 0.692. The number of ether oxygens (including phenoxy) is 1. The molecule has 0 amide bonds. The van der Waals surface area contributed by atoms with Crippen LogP contribution in [-0.4, -0.2) is 41.9 Å². The molecule has 6 heteroatoms. The fourth-order valence-corrected chi connectivity index (χ4v) is 2.08. The van der Waals surface area contributed by atoms with Crippen LogP contribution in [-0.2, 0) is 11.3 Å². The fourth-order valence-electron chi connectivity index (χ4n) is 2.08. The summed E-state index contributed by atoms with van der Waals surface area (Å²) in [6, 6.07) is 0.230. The van der Waals surface area contributed by atoms with Crippen LogP contribution in [0, 0.1) is 5.92 Å². The van der Waals surface area contributed by atoms with Gasteiger partial charge in [0.15, 0.2) is 5.82 Å². The summed E-state index contributed by atoms with van der Waals surface area (Å²) in [5.74, 6) is 0.844. The highest BCUT2D eigenvalue weighted by molar-refractivity contribution is 5.31. The van der Waals surface area contributed by atoms with Crippen molar-refractivity contribution >= 4 is 5.82 Å². The molecule has 0 aromatic carbocycles. The predicted molar refractivity (Wildman–Crippen MR) is 74.4 cm³/mol. The highest BCUT2D eigenvalue weighted by Gasteiger charge is 2.14. The minimum Gasteiger partial charge on any atom is -0.378 e. The molecule has 1 saturated heterocycles. The van der Waals surface area contributed by atoms with E-state index in [0.29, 0.717) is 31.4 Å². The maximum Gasteiger partial charge on any atom is 0.293 e. The molecular formula is C13H22N4O2. The van der Waals surface area contributed by atoms with Gasteiger partial charge in [-0.15, -0.1) is 0 Å². The molecule has 2 N–H and O–H groups in total. The van der Waals surface area contributed by atoms with Gasteiger partial charge in [0, 0.05) is 38.1 Å². The summed E-state index contributed by atoms with van der Waals surface area (Å²) in [5.41, 5.74) is -0.0621. The first-order chi connectivity index (χ1) is 9.16. The molecule has 1 aliphatic heterocycles. The Bertz CT molecular complexity index is 452. The zero-order chi connectivity index (χ0) is 13.7. The largest absolute Gasteiger partial charge is 0.378 e. The lowest BCUT2D eigenvalue weighted by Gasteiger charge is -2.24. The lowest BCUT2D eigenvalue weighted by molar-refractivity contribution is 0.0806. The van der Waals surface area contributed by atoms with Crippen molar-refractivity contribution in [2.24, 2.45) is 5.92 Å². The van der Waals surface area contributed by atoms with Crippen LogP contribution in [0.3, 0.4) is 0 Å². The van der Waals surface area contributed by atoms with Crippen molar-refractivity contribution in [2.75, 3.05) is 31.6 Å². The summed E-state index contributed by atoms with van der Waals surface area (Å²) >= 11 is 0. The van der Waals surface area contributed by atoms with Gasteiger partial charge in [-0.1, -0.05) is 13.8 Å². The molecule has 2 heterocycles. The average molecular weight is 266 g/mol. The Balaban J connectivity index is 1.97. The average Bonchev–Trinajstić information content (AvgIpc) is 2.40. The monoisotopic (exact) mass is 266 g/mol. The standard InChI is InChI=1S/C13H22N4O2/c1-10(2)8-17-5-3-15-12(13(17)18)16-7-11-9-19-6-4-14-11/h3,5,10-11,14H,4,6-9H2,1-2H3,(H,15,16). The highest BCUT2D eigenvalue weighted by atomic mass is 16.5. The molecule has 0 bridgehead atoms. The van der Waals surface area contributed by atoms with Crippen LogP contribution in [0.4, 0.5) is 5.82 Å². The molecule has 6 nitrogen and oxygen atoms in total. The molecule has 1 fully saturated rings. The summed E-state index contributed by atoms with van der Waals surface area (Å²) in [5, 5.41) is 6.44. The van der Waals surface area contributed by atoms with Crippen LogP contribution in [0.1, 0.15) is 13.8 Å². The molecular weight excluding hydrogens is 244 g/mol. The number of nitrogens with zero attached hydrogens (tertiary/aromatic N) is 2. The van der Waals surface area contributed by atoms with Gasteiger partial charge in [0.25, 0.3) is 5.56 Å². The number of nitrogens with one attached hydrogen (secondary N) is 2. The Labute approximate surface area is 113 Å². The molecule has 2 rings (SSSR count). The summed E-state index contributed by atoms with van der Waals surface area (Å²) < 4.78 is 7.07. The van der Waals surface area contributed by atoms with Crippen molar-refractivity contribution in [2.45, 2.75) is 26.4 Å². The Morgan fingerprint density at radius 1 is 1.63 bits per heavy atom. The van der Waals surface area contributed by atoms with Crippen LogP contribution >= 0.6 is 0 Å². The molecule has 0 radical (unpaired) electrons. The van der Waals surface area contributed by atoms with Gasteiger partial charge in [0.05, 0.1) is 13.2 Å². The van der Waals surface area contributed by atoms with Crippen molar-refractivity contribution in [1.29, 1.82) is 0 Å². The van der Waals surface area contributed by atoms with Gasteiger partial charge in [-0.05, 0) is 5.92 Å². The molecule has 1 aliphatic rings. The summed E-state index contributed by atoms with van der Waals surface area (Å²) in [7, 11) is 0. The summed E-state index contributed by atoms with van der Waals surface area (Å²) in [6.45, 7) is 7.80. The Kier molecular flexibility index (Phi) is 4.93. The van der Waals surface area contributed by atoms with Gasteiger partial charge in [-0.25, -0.2) is 4.98 Å². The van der Waals surface area contributed by atoms with Gasteiger partial charge in [0.1, 0.15) is 0 Å². The highest BCUT2D eigenvalue weighted by Crippen LogP contribution is 2.00. The van der Waals surface area contributed by atoms with Gasteiger partial charge in [-0.2, -0.15) is 0 Å². The van der Waals surface area contributed by atoms with E-state index in [0.717, 1.165) is 13.2 Å². The number of morpholine rings is 1. The van der Waals surface area contributed by atoms with E-state index in [1.165, 1.54) is 0 Å². The van der Waals surface area contributed by atoms with Crippen LogP contribution < -0.4 is 16.2 Å². The van der Waals surface area contributed by atoms with E-state index in [4.69, 9.17) is 4.74 Å². The van der Waals surface area contributed by atoms with Crippen LogP contribution in [0.15, 0.2) is 17.2 Å². The first-order valence-electron chi connectivity index (χ1n) is 6.77. The van der Waals surface area contributed by atoms with E-state index in [1.54, 1.807) is 17.0 Å². The van der Waals surface area contributed by atoms with E-state index < -0.39 is 0 Å². The SMILES string of the molecule is CC(C)Cn1ccnc(NCC2COCCN2)c1=O. The summed E-state index contributed by atoms with van der Waals surface area (Å²) in [4.78, 5) is 16.3. The van der Waals surface area contributed by atoms with Crippen LogP contribution in [0.2, 0.25) is 0 Å². The zero-order valence-corrected chi connectivity index (χ0v) is 11.6. The smallest absolute Gasteiger partial charge is 0.293 e. The topological polar surface area (TPSA) is 68.2 Å². The van der Waals surface area contributed by atoms with E-state index in [9.17, 15) is 4.79 Å². The third-order valence-corrected chi connectivity index (χ3v) is 2.99. The van der Waals surface area contributed by atoms with Crippen LogP contribution in [0.25, 0.3) is 0 Å². The first kappa shape index (κ1) is 14.0. The molecule has 0 spiro atoms. The van der Waals surface area contributed by atoms with Crippen molar-refractivity contribution in [3.05, 3.63) is 22.7 Å². The zero-order valence-electron chi connectivity index (χ0n) is 11.6. The third kappa shape index (κ3) is 4.04. The molecule has 19 heavy (non-hydrogen) atoms. The second-order valence-electron chi connectivity index (χ2n) is 5.23. The second kappa shape index (κ2) is 6.68. The lowest BCUT2D eigenvalue weighted by atomic mass is 10.2. The van der Waals surface area contributed by atoms with Gasteiger partial charge < -0.3 is 19.9 Å². The van der Waals surface area contributed by atoms with Crippen molar-refractivity contribution in [3.63, 3.8) is 0 Å². The number of anilines is 1. The van der Waals surface area contributed by atoms with Crippen molar-refractivity contribution < 1.29 is 4.74 Å². The second-order valence-corrected chi connectivity index (χ2v) is 5.23. The van der Waals surface area contributed by atoms with Gasteiger partial charge in [0.2, 0.25) is 0 Å². The third-order valence-electron chi connectivity index (χ3n) is 2.99. The Morgan fingerprint density at radius 3 is 3.16 bits per heavy atom.